The van der Waals surface area contributed by atoms with E-state index >= 15 is 0 Å². The van der Waals surface area contributed by atoms with Gasteiger partial charge in [0.2, 0.25) is 0 Å². The first-order valence-electron chi connectivity index (χ1n) is 8.92. The second-order valence-corrected chi connectivity index (χ2v) is 6.43. The molecule has 29 heavy (non-hydrogen) atoms. The van der Waals surface area contributed by atoms with Gasteiger partial charge in [0, 0.05) is 17.5 Å². The zero-order chi connectivity index (χ0) is 20.8. The van der Waals surface area contributed by atoms with Gasteiger partial charge < -0.3 is 10.3 Å². The number of benzene rings is 3. The van der Waals surface area contributed by atoms with Crippen LogP contribution >= 0.6 is 0 Å². The third-order valence-corrected chi connectivity index (χ3v) is 4.27. The highest BCUT2D eigenvalue weighted by Crippen LogP contribution is 2.29. The van der Waals surface area contributed by atoms with Crippen LogP contribution in [-0.2, 0) is 6.54 Å². The maximum absolute atomic E-state index is 13.6. The average Bonchev–Trinajstić information content (AvgIpc) is 3.12. The van der Waals surface area contributed by atoms with Crippen LogP contribution in [0.1, 0.15) is 16.1 Å². The van der Waals surface area contributed by atoms with Gasteiger partial charge in [-0.3, -0.25) is 4.79 Å². The molecule has 0 aliphatic carbocycles. The normalized spacial score (nSPS) is 10.5. The van der Waals surface area contributed by atoms with E-state index in [0.29, 0.717) is 34.0 Å². The third-order valence-electron chi connectivity index (χ3n) is 4.27. The molecule has 0 radical (unpaired) electrons. The zero-order valence-electron chi connectivity index (χ0n) is 15.7. The first-order chi connectivity index (χ1) is 14.0. The van der Waals surface area contributed by atoms with Gasteiger partial charge in [0.1, 0.15) is 17.5 Å². The van der Waals surface area contributed by atoms with Crippen LogP contribution in [-0.4, -0.2) is 18.3 Å². The SMILES string of the molecule is CNCc1cccc(F)c1.O=Cc1cc2cc(F)cc(-c3ccc(F)cc3)c2[nH]1. The van der Waals surface area contributed by atoms with Gasteiger partial charge in [0.05, 0.1) is 11.2 Å². The van der Waals surface area contributed by atoms with Crippen molar-refractivity contribution in [2.24, 2.45) is 0 Å². The summed E-state index contributed by atoms with van der Waals surface area (Å²) in [6.45, 7) is 0.720. The van der Waals surface area contributed by atoms with E-state index < -0.39 is 5.82 Å². The summed E-state index contributed by atoms with van der Waals surface area (Å²) in [7, 11) is 1.84. The molecule has 1 aromatic heterocycles. The molecule has 0 fully saturated rings. The third kappa shape index (κ3) is 5.12. The topological polar surface area (TPSA) is 44.9 Å². The van der Waals surface area contributed by atoms with Crippen molar-refractivity contribution in [2.45, 2.75) is 6.54 Å². The van der Waals surface area contributed by atoms with Crippen LogP contribution in [0.3, 0.4) is 0 Å². The Bertz CT molecular complexity index is 1120. The Morgan fingerprint density at radius 2 is 1.66 bits per heavy atom. The fourth-order valence-corrected chi connectivity index (χ4v) is 3.00. The number of rotatable bonds is 4. The van der Waals surface area contributed by atoms with Crippen LogP contribution in [0.15, 0.2) is 66.7 Å². The highest BCUT2D eigenvalue weighted by Gasteiger charge is 2.10. The molecule has 4 rings (SSSR count). The number of aromatic nitrogens is 1. The molecule has 0 unspecified atom stereocenters. The lowest BCUT2D eigenvalue weighted by Gasteiger charge is -2.04. The minimum atomic E-state index is -0.400. The van der Waals surface area contributed by atoms with Crippen molar-refractivity contribution in [3.8, 4) is 11.1 Å². The molecule has 0 bridgehead atoms. The van der Waals surface area contributed by atoms with Crippen molar-refractivity contribution in [1.82, 2.24) is 10.3 Å². The Balaban J connectivity index is 0.000000204. The van der Waals surface area contributed by atoms with E-state index in [-0.39, 0.29) is 11.6 Å². The highest BCUT2D eigenvalue weighted by atomic mass is 19.1. The molecular weight excluding hydrogens is 377 g/mol. The molecule has 0 aliphatic rings. The summed E-state index contributed by atoms with van der Waals surface area (Å²) in [5.74, 6) is -0.924. The summed E-state index contributed by atoms with van der Waals surface area (Å²) < 4.78 is 39.0. The molecule has 4 aromatic rings. The fourth-order valence-electron chi connectivity index (χ4n) is 3.00. The van der Waals surface area contributed by atoms with Gasteiger partial charge in [-0.05, 0) is 60.6 Å². The van der Waals surface area contributed by atoms with Gasteiger partial charge in [-0.25, -0.2) is 13.2 Å². The minimum Gasteiger partial charge on any atom is -0.352 e. The number of carbonyl (C=O) groups is 1. The first kappa shape index (κ1) is 20.4. The summed E-state index contributed by atoms with van der Waals surface area (Å²) in [6.07, 6.45) is 0.673. The predicted octanol–water partition coefficient (Wildman–Crippen LogP) is 5.47. The van der Waals surface area contributed by atoms with E-state index in [4.69, 9.17) is 0 Å². The number of carbonyl (C=O) groups excluding carboxylic acids is 1. The number of aldehydes is 1. The molecule has 3 aromatic carbocycles. The number of halogens is 3. The van der Waals surface area contributed by atoms with Crippen LogP contribution in [0.2, 0.25) is 0 Å². The second-order valence-electron chi connectivity index (χ2n) is 6.43. The van der Waals surface area contributed by atoms with Crippen LogP contribution in [0.25, 0.3) is 22.0 Å². The number of nitrogens with one attached hydrogen (secondary N) is 2. The molecule has 0 atom stereocenters. The monoisotopic (exact) mass is 396 g/mol. The van der Waals surface area contributed by atoms with Gasteiger partial charge in [0.25, 0.3) is 0 Å². The lowest BCUT2D eigenvalue weighted by atomic mass is 10.0. The summed E-state index contributed by atoms with van der Waals surface area (Å²) in [5.41, 5.74) is 3.30. The van der Waals surface area contributed by atoms with Gasteiger partial charge in [-0.15, -0.1) is 0 Å². The lowest BCUT2D eigenvalue weighted by Crippen LogP contribution is -2.04. The van der Waals surface area contributed by atoms with Crippen LogP contribution in [0, 0.1) is 17.5 Å². The molecule has 1 heterocycles. The Kier molecular flexibility index (Phi) is 6.46. The van der Waals surface area contributed by atoms with Crippen molar-refractivity contribution >= 4 is 17.2 Å². The molecule has 148 valence electrons. The quantitative estimate of drug-likeness (QED) is 0.449. The Labute approximate surface area is 166 Å². The number of aromatic amines is 1. The number of fused-ring (bicyclic) bond motifs is 1. The summed E-state index contributed by atoms with van der Waals surface area (Å²) in [5, 5.41) is 3.56. The summed E-state index contributed by atoms with van der Waals surface area (Å²) in [4.78, 5) is 13.7. The molecule has 0 saturated carbocycles. The summed E-state index contributed by atoms with van der Waals surface area (Å²) >= 11 is 0. The van der Waals surface area contributed by atoms with Crippen LogP contribution < -0.4 is 5.32 Å². The number of hydrogen-bond donors (Lipinski definition) is 2. The van der Waals surface area contributed by atoms with E-state index in [1.54, 1.807) is 24.3 Å². The van der Waals surface area contributed by atoms with Gasteiger partial charge >= 0.3 is 0 Å². The van der Waals surface area contributed by atoms with Gasteiger partial charge in [0.15, 0.2) is 6.29 Å². The maximum Gasteiger partial charge on any atom is 0.166 e. The smallest absolute Gasteiger partial charge is 0.166 e. The molecule has 6 heteroatoms. The fraction of sp³-hybridized carbons (Fsp3) is 0.0870. The Morgan fingerprint density at radius 3 is 2.31 bits per heavy atom. The van der Waals surface area contributed by atoms with Gasteiger partial charge in [-0.2, -0.15) is 0 Å². The number of H-pyrrole nitrogens is 1. The maximum atomic E-state index is 13.6. The van der Waals surface area contributed by atoms with E-state index in [9.17, 15) is 18.0 Å². The van der Waals surface area contributed by atoms with Gasteiger partial charge in [-0.1, -0.05) is 24.3 Å². The standard InChI is InChI=1S/C15H9F2NO.C8H10FN/c16-11-3-1-9(2-4-11)14-7-12(17)5-10-6-13(8-19)18-15(10)14;1-10-6-7-3-2-4-8(9)5-7/h1-8,18H;2-5,10H,6H2,1H3. The molecule has 2 N–H and O–H groups in total. The zero-order valence-corrected chi connectivity index (χ0v) is 15.7. The lowest BCUT2D eigenvalue weighted by molar-refractivity contribution is 0.112. The minimum absolute atomic E-state index is 0.173. The first-order valence-corrected chi connectivity index (χ1v) is 8.92. The molecule has 0 aliphatic heterocycles. The largest absolute Gasteiger partial charge is 0.352 e. The predicted molar refractivity (Wildman–Crippen MR) is 108 cm³/mol. The highest BCUT2D eigenvalue weighted by molar-refractivity contribution is 5.97. The molecule has 0 saturated heterocycles. The van der Waals surface area contributed by atoms with Crippen molar-refractivity contribution in [3.63, 3.8) is 0 Å². The van der Waals surface area contributed by atoms with Crippen LogP contribution in [0.4, 0.5) is 13.2 Å². The number of hydrogen-bond acceptors (Lipinski definition) is 2. The summed E-state index contributed by atoms with van der Waals surface area (Å²) in [6, 6.07) is 16.6. The van der Waals surface area contributed by atoms with Crippen molar-refractivity contribution in [2.75, 3.05) is 7.05 Å². The Hall–Kier alpha value is -3.38. The van der Waals surface area contributed by atoms with Crippen molar-refractivity contribution in [1.29, 1.82) is 0 Å². The Morgan fingerprint density at radius 1 is 0.897 bits per heavy atom. The second kappa shape index (κ2) is 9.21. The van der Waals surface area contributed by atoms with Crippen LogP contribution in [0.5, 0.6) is 0 Å². The van der Waals surface area contributed by atoms with Crippen molar-refractivity contribution < 1.29 is 18.0 Å². The molecule has 0 spiro atoms. The van der Waals surface area contributed by atoms with E-state index in [1.807, 2.05) is 13.1 Å². The van der Waals surface area contributed by atoms with E-state index in [2.05, 4.69) is 10.3 Å². The van der Waals surface area contributed by atoms with E-state index in [1.165, 1.54) is 36.4 Å². The van der Waals surface area contributed by atoms with E-state index in [0.717, 1.165) is 12.1 Å². The molecule has 0 amide bonds. The average molecular weight is 396 g/mol. The molecule has 3 nitrogen and oxygen atoms in total. The molecular formula is C23H19F3N2O. The van der Waals surface area contributed by atoms with Crippen molar-refractivity contribution in [3.05, 3.63) is 95.4 Å².